The number of nitrogens with zero attached hydrogens (tertiary/aromatic N) is 1. The highest BCUT2D eigenvalue weighted by Crippen LogP contribution is 2.30. The lowest BCUT2D eigenvalue weighted by Crippen LogP contribution is -2.32. The second-order valence-electron chi connectivity index (χ2n) is 6.05. The molecule has 0 aromatic carbocycles. The average Bonchev–Trinajstić information content (AvgIpc) is 3.18. The van der Waals surface area contributed by atoms with Crippen LogP contribution in [0.15, 0.2) is 0 Å². The fraction of sp³-hybridized carbons (Fsp3) is 0.714. The SMILES string of the molecule is Nc1nc(NC2CC2)sc1C(=O)NCC1CCCC(O)C1. The van der Waals surface area contributed by atoms with Crippen LogP contribution in [0.2, 0.25) is 0 Å². The van der Waals surface area contributed by atoms with Gasteiger partial charge in [-0.05, 0) is 38.0 Å². The summed E-state index contributed by atoms with van der Waals surface area (Å²) in [4.78, 5) is 16.9. The number of aliphatic hydroxyl groups excluding tert-OH is 1. The van der Waals surface area contributed by atoms with Crippen LogP contribution in [0.25, 0.3) is 0 Å². The zero-order chi connectivity index (χ0) is 14.8. The fourth-order valence-corrected chi connectivity index (χ4v) is 3.60. The molecule has 2 fully saturated rings. The molecule has 116 valence electrons. The summed E-state index contributed by atoms with van der Waals surface area (Å²) in [6.45, 7) is 0.596. The van der Waals surface area contributed by atoms with Crippen molar-refractivity contribution in [1.29, 1.82) is 0 Å². The molecular formula is C14H22N4O2S. The van der Waals surface area contributed by atoms with E-state index in [0.29, 0.717) is 29.2 Å². The molecule has 1 aromatic heterocycles. The van der Waals surface area contributed by atoms with E-state index in [-0.39, 0.29) is 12.0 Å². The highest BCUT2D eigenvalue weighted by Gasteiger charge is 2.25. The zero-order valence-corrected chi connectivity index (χ0v) is 12.8. The van der Waals surface area contributed by atoms with Crippen LogP contribution in [0.5, 0.6) is 0 Å². The van der Waals surface area contributed by atoms with Gasteiger partial charge in [-0.15, -0.1) is 0 Å². The quantitative estimate of drug-likeness (QED) is 0.661. The number of hydrogen-bond acceptors (Lipinski definition) is 6. The number of nitrogens with two attached hydrogens (primary N) is 1. The molecule has 7 heteroatoms. The first kappa shape index (κ1) is 14.6. The summed E-state index contributed by atoms with van der Waals surface area (Å²) in [5, 5.41) is 16.6. The Kier molecular flexibility index (Phi) is 4.30. The molecule has 3 rings (SSSR count). The van der Waals surface area contributed by atoms with Gasteiger partial charge >= 0.3 is 0 Å². The molecule has 2 aliphatic rings. The first-order chi connectivity index (χ1) is 10.1. The van der Waals surface area contributed by atoms with Gasteiger partial charge < -0.3 is 21.5 Å². The number of aliphatic hydroxyl groups is 1. The molecule has 5 N–H and O–H groups in total. The fourth-order valence-electron chi connectivity index (χ4n) is 2.72. The van der Waals surface area contributed by atoms with Crippen molar-refractivity contribution in [2.75, 3.05) is 17.6 Å². The van der Waals surface area contributed by atoms with Crippen molar-refractivity contribution in [1.82, 2.24) is 10.3 Å². The van der Waals surface area contributed by atoms with Gasteiger partial charge in [-0.3, -0.25) is 4.79 Å². The highest BCUT2D eigenvalue weighted by molar-refractivity contribution is 7.18. The summed E-state index contributed by atoms with van der Waals surface area (Å²) in [5.41, 5.74) is 5.83. The molecule has 0 saturated heterocycles. The third kappa shape index (κ3) is 3.85. The van der Waals surface area contributed by atoms with E-state index < -0.39 is 0 Å². The topological polar surface area (TPSA) is 100 Å². The average molecular weight is 310 g/mol. The summed E-state index contributed by atoms with van der Waals surface area (Å²) in [7, 11) is 0. The van der Waals surface area contributed by atoms with Crippen LogP contribution in [0.3, 0.4) is 0 Å². The van der Waals surface area contributed by atoms with Gasteiger partial charge in [-0.2, -0.15) is 0 Å². The first-order valence-electron chi connectivity index (χ1n) is 7.61. The van der Waals surface area contributed by atoms with Crippen LogP contribution < -0.4 is 16.4 Å². The Labute approximate surface area is 128 Å². The molecule has 2 aliphatic carbocycles. The summed E-state index contributed by atoms with van der Waals surface area (Å²) in [6, 6.07) is 0.496. The number of nitrogens with one attached hydrogen (secondary N) is 2. The molecule has 6 nitrogen and oxygen atoms in total. The van der Waals surface area contributed by atoms with E-state index in [4.69, 9.17) is 5.73 Å². The van der Waals surface area contributed by atoms with Gasteiger partial charge in [0.05, 0.1) is 6.10 Å². The third-order valence-corrected chi connectivity index (χ3v) is 5.07. The largest absolute Gasteiger partial charge is 0.393 e. The number of rotatable bonds is 5. The van der Waals surface area contributed by atoms with Crippen LogP contribution in [-0.4, -0.2) is 34.7 Å². The van der Waals surface area contributed by atoms with Crippen molar-refractivity contribution in [3.63, 3.8) is 0 Å². The maximum absolute atomic E-state index is 12.2. The van der Waals surface area contributed by atoms with Gasteiger partial charge in [-0.1, -0.05) is 17.8 Å². The monoisotopic (exact) mass is 310 g/mol. The molecule has 0 spiro atoms. The van der Waals surface area contributed by atoms with Crippen molar-refractivity contribution in [3.8, 4) is 0 Å². The predicted molar refractivity (Wildman–Crippen MR) is 83.5 cm³/mol. The third-order valence-electron chi connectivity index (χ3n) is 4.07. The Balaban J connectivity index is 1.53. The molecule has 0 bridgehead atoms. The van der Waals surface area contributed by atoms with Gasteiger partial charge in [0.25, 0.3) is 5.91 Å². The number of thiazole rings is 1. The van der Waals surface area contributed by atoms with E-state index in [1.165, 1.54) is 11.3 Å². The summed E-state index contributed by atoms with van der Waals surface area (Å²) >= 11 is 1.31. The molecule has 2 atom stereocenters. The van der Waals surface area contributed by atoms with Crippen molar-refractivity contribution in [2.24, 2.45) is 5.92 Å². The van der Waals surface area contributed by atoms with Crippen LogP contribution in [0.4, 0.5) is 10.9 Å². The Morgan fingerprint density at radius 2 is 2.19 bits per heavy atom. The second-order valence-corrected chi connectivity index (χ2v) is 7.05. The van der Waals surface area contributed by atoms with Crippen LogP contribution in [-0.2, 0) is 0 Å². The molecule has 1 heterocycles. The van der Waals surface area contributed by atoms with Crippen LogP contribution in [0.1, 0.15) is 48.2 Å². The zero-order valence-electron chi connectivity index (χ0n) is 12.0. The van der Waals surface area contributed by atoms with Crippen molar-refractivity contribution >= 4 is 28.2 Å². The minimum absolute atomic E-state index is 0.158. The smallest absolute Gasteiger partial charge is 0.265 e. The lowest BCUT2D eigenvalue weighted by molar-refractivity contribution is 0.0877. The molecule has 21 heavy (non-hydrogen) atoms. The van der Waals surface area contributed by atoms with Crippen LogP contribution >= 0.6 is 11.3 Å². The minimum Gasteiger partial charge on any atom is -0.393 e. The van der Waals surface area contributed by atoms with E-state index in [2.05, 4.69) is 15.6 Å². The normalized spacial score (nSPS) is 25.6. The van der Waals surface area contributed by atoms with Gasteiger partial charge in [0.15, 0.2) is 5.13 Å². The molecular weight excluding hydrogens is 288 g/mol. The van der Waals surface area contributed by atoms with Crippen molar-refractivity contribution in [3.05, 3.63) is 4.88 Å². The molecule has 1 amide bonds. The Hall–Kier alpha value is -1.34. The molecule has 1 aromatic rings. The van der Waals surface area contributed by atoms with E-state index in [1.807, 2.05) is 0 Å². The standard InChI is InChI=1S/C14H22N4O2S/c15-12-11(21-14(18-12)17-9-4-5-9)13(20)16-7-8-2-1-3-10(19)6-8/h8-10,19H,1-7,15H2,(H,16,20)(H,17,18). The van der Waals surface area contributed by atoms with Gasteiger partial charge in [0.2, 0.25) is 0 Å². The number of anilines is 2. The molecule has 2 saturated carbocycles. The Morgan fingerprint density at radius 1 is 1.38 bits per heavy atom. The first-order valence-corrected chi connectivity index (χ1v) is 8.42. The number of aromatic nitrogens is 1. The van der Waals surface area contributed by atoms with E-state index in [1.54, 1.807) is 0 Å². The maximum Gasteiger partial charge on any atom is 0.265 e. The number of nitrogen functional groups attached to an aromatic ring is 1. The van der Waals surface area contributed by atoms with Crippen molar-refractivity contribution < 1.29 is 9.90 Å². The van der Waals surface area contributed by atoms with E-state index >= 15 is 0 Å². The lowest BCUT2D eigenvalue weighted by atomic mass is 9.87. The van der Waals surface area contributed by atoms with Gasteiger partial charge in [-0.25, -0.2) is 4.98 Å². The van der Waals surface area contributed by atoms with E-state index in [9.17, 15) is 9.90 Å². The van der Waals surface area contributed by atoms with E-state index in [0.717, 1.165) is 43.7 Å². The van der Waals surface area contributed by atoms with Gasteiger partial charge in [0, 0.05) is 12.6 Å². The Bertz CT molecular complexity index is 515. The Morgan fingerprint density at radius 3 is 2.90 bits per heavy atom. The summed E-state index contributed by atoms with van der Waals surface area (Å²) in [6.07, 6.45) is 5.83. The summed E-state index contributed by atoms with van der Waals surface area (Å²) < 4.78 is 0. The number of carbonyl (C=O) groups is 1. The van der Waals surface area contributed by atoms with Crippen LogP contribution in [0, 0.1) is 5.92 Å². The lowest BCUT2D eigenvalue weighted by Gasteiger charge is -2.25. The number of carbonyl (C=O) groups excluding carboxylic acids is 1. The predicted octanol–water partition coefficient (Wildman–Crippen LogP) is 1.58. The highest BCUT2D eigenvalue weighted by atomic mass is 32.1. The molecule has 0 aliphatic heterocycles. The molecule has 0 radical (unpaired) electrons. The second kappa shape index (κ2) is 6.19. The molecule has 2 unspecified atom stereocenters. The number of amides is 1. The maximum atomic E-state index is 12.2. The minimum atomic E-state index is -0.219. The van der Waals surface area contributed by atoms with Gasteiger partial charge in [0.1, 0.15) is 10.7 Å². The van der Waals surface area contributed by atoms with Crippen molar-refractivity contribution in [2.45, 2.75) is 50.7 Å². The number of hydrogen-bond donors (Lipinski definition) is 4. The summed E-state index contributed by atoms with van der Waals surface area (Å²) in [5.74, 6) is 0.495.